The molecule has 104 valence electrons. The van der Waals surface area contributed by atoms with Gasteiger partial charge in [0.2, 0.25) is 0 Å². The van der Waals surface area contributed by atoms with Gasteiger partial charge >= 0.3 is 0 Å². The second-order valence-corrected chi connectivity index (χ2v) is 5.73. The fraction of sp³-hybridized carbons (Fsp3) is 0.500. The Morgan fingerprint density at radius 1 is 1.47 bits per heavy atom. The Balaban J connectivity index is 2.01. The molecule has 3 N–H and O–H groups in total. The van der Waals surface area contributed by atoms with Gasteiger partial charge in [0, 0.05) is 34.9 Å². The van der Waals surface area contributed by atoms with Crippen LogP contribution in [0.15, 0.2) is 18.2 Å². The molecule has 0 aliphatic carbocycles. The highest BCUT2D eigenvalue weighted by Crippen LogP contribution is 2.19. The molecule has 2 atom stereocenters. The number of nitrogens with one attached hydrogen (secondary N) is 1. The van der Waals surface area contributed by atoms with E-state index in [9.17, 15) is 4.79 Å². The minimum Gasteiger partial charge on any atom is -0.399 e. The SMILES string of the molecule is CC1CC(NC(=O)c2cc(N)cc(Cl)c2)CCN1C. The lowest BCUT2D eigenvalue weighted by atomic mass is 9.98. The molecule has 1 fully saturated rings. The number of benzene rings is 1. The standard InChI is InChI=1S/C14H20ClN3O/c1-9-5-13(3-4-18(9)2)17-14(19)10-6-11(15)8-12(16)7-10/h6-9,13H,3-5,16H2,1-2H3,(H,17,19). The van der Waals surface area contributed by atoms with Crippen molar-refractivity contribution in [2.24, 2.45) is 0 Å². The quantitative estimate of drug-likeness (QED) is 0.817. The lowest BCUT2D eigenvalue weighted by molar-refractivity contribution is 0.0896. The van der Waals surface area contributed by atoms with Crippen molar-refractivity contribution in [1.29, 1.82) is 0 Å². The number of carbonyl (C=O) groups excluding carboxylic acids is 1. The summed E-state index contributed by atoms with van der Waals surface area (Å²) >= 11 is 5.91. The molecule has 1 aliphatic heterocycles. The van der Waals surface area contributed by atoms with Crippen molar-refractivity contribution < 1.29 is 4.79 Å². The number of carbonyl (C=O) groups is 1. The van der Waals surface area contributed by atoms with E-state index in [1.165, 1.54) is 0 Å². The molecule has 1 aromatic rings. The van der Waals surface area contributed by atoms with Crippen molar-refractivity contribution in [3.05, 3.63) is 28.8 Å². The van der Waals surface area contributed by atoms with Gasteiger partial charge in [0.1, 0.15) is 0 Å². The van der Waals surface area contributed by atoms with Crippen LogP contribution in [-0.4, -0.2) is 36.5 Å². The summed E-state index contributed by atoms with van der Waals surface area (Å²) in [5.74, 6) is -0.101. The number of nitrogens with two attached hydrogens (primary N) is 1. The molecular weight excluding hydrogens is 262 g/mol. The maximum absolute atomic E-state index is 12.2. The smallest absolute Gasteiger partial charge is 0.251 e. The van der Waals surface area contributed by atoms with Crippen LogP contribution in [0.4, 0.5) is 5.69 Å². The highest BCUT2D eigenvalue weighted by atomic mass is 35.5. The molecule has 1 aliphatic rings. The summed E-state index contributed by atoms with van der Waals surface area (Å²) in [7, 11) is 2.11. The molecule has 0 spiro atoms. The monoisotopic (exact) mass is 281 g/mol. The van der Waals surface area contributed by atoms with Gasteiger partial charge in [0.25, 0.3) is 5.91 Å². The summed E-state index contributed by atoms with van der Waals surface area (Å²) in [6.07, 6.45) is 1.95. The normalized spacial score (nSPS) is 24.2. The van der Waals surface area contributed by atoms with E-state index in [4.69, 9.17) is 17.3 Å². The Morgan fingerprint density at radius 3 is 2.84 bits per heavy atom. The van der Waals surface area contributed by atoms with Crippen molar-refractivity contribution in [3.8, 4) is 0 Å². The van der Waals surface area contributed by atoms with E-state index < -0.39 is 0 Å². The lowest BCUT2D eigenvalue weighted by Gasteiger charge is -2.35. The van der Waals surface area contributed by atoms with E-state index in [1.54, 1.807) is 18.2 Å². The number of anilines is 1. The zero-order valence-electron chi connectivity index (χ0n) is 11.3. The van der Waals surface area contributed by atoms with Crippen molar-refractivity contribution in [3.63, 3.8) is 0 Å². The average Bonchev–Trinajstić information content (AvgIpc) is 2.32. The van der Waals surface area contributed by atoms with Gasteiger partial charge in [-0.3, -0.25) is 4.79 Å². The molecule has 0 radical (unpaired) electrons. The highest BCUT2D eigenvalue weighted by Gasteiger charge is 2.24. The predicted octanol–water partition coefficient (Wildman–Crippen LogP) is 2.13. The molecule has 0 aromatic heterocycles. The summed E-state index contributed by atoms with van der Waals surface area (Å²) in [6, 6.07) is 5.64. The lowest BCUT2D eigenvalue weighted by Crippen LogP contribution is -2.47. The molecule has 1 aromatic carbocycles. The molecule has 1 amide bonds. The fourth-order valence-electron chi connectivity index (χ4n) is 2.43. The fourth-order valence-corrected chi connectivity index (χ4v) is 2.68. The van der Waals surface area contributed by atoms with E-state index >= 15 is 0 Å². The number of rotatable bonds is 2. The van der Waals surface area contributed by atoms with Gasteiger partial charge in [-0.05, 0) is 45.0 Å². The van der Waals surface area contributed by atoms with Crippen LogP contribution < -0.4 is 11.1 Å². The first kappa shape index (κ1) is 14.2. The van der Waals surface area contributed by atoms with Crippen molar-refractivity contribution in [2.75, 3.05) is 19.3 Å². The number of hydrogen-bond donors (Lipinski definition) is 2. The van der Waals surface area contributed by atoms with Gasteiger partial charge < -0.3 is 16.0 Å². The molecule has 1 saturated heterocycles. The van der Waals surface area contributed by atoms with Crippen LogP contribution in [0.1, 0.15) is 30.1 Å². The van der Waals surface area contributed by atoms with E-state index in [1.807, 2.05) is 0 Å². The van der Waals surface area contributed by atoms with Crippen molar-refractivity contribution in [1.82, 2.24) is 10.2 Å². The second-order valence-electron chi connectivity index (χ2n) is 5.30. The molecule has 19 heavy (non-hydrogen) atoms. The Kier molecular flexibility index (Phi) is 4.32. The number of nitrogens with zero attached hydrogens (tertiary/aromatic N) is 1. The summed E-state index contributed by atoms with van der Waals surface area (Å²) < 4.78 is 0. The third-order valence-electron chi connectivity index (χ3n) is 3.73. The molecular formula is C14H20ClN3O. The summed E-state index contributed by atoms with van der Waals surface area (Å²) in [6.45, 7) is 3.18. The second kappa shape index (κ2) is 5.80. The zero-order valence-corrected chi connectivity index (χ0v) is 12.1. The number of hydrogen-bond acceptors (Lipinski definition) is 3. The van der Waals surface area contributed by atoms with Gasteiger partial charge in [0.05, 0.1) is 0 Å². The molecule has 4 nitrogen and oxygen atoms in total. The number of halogens is 1. The van der Waals surface area contributed by atoms with E-state index in [-0.39, 0.29) is 11.9 Å². The summed E-state index contributed by atoms with van der Waals surface area (Å²) in [5.41, 5.74) is 6.73. The topological polar surface area (TPSA) is 58.4 Å². The third-order valence-corrected chi connectivity index (χ3v) is 3.94. The molecule has 0 saturated carbocycles. The van der Waals surface area contributed by atoms with E-state index in [0.717, 1.165) is 19.4 Å². The van der Waals surface area contributed by atoms with Gasteiger partial charge in [-0.25, -0.2) is 0 Å². The van der Waals surface area contributed by atoms with Gasteiger partial charge in [-0.1, -0.05) is 11.6 Å². The third kappa shape index (κ3) is 3.61. The number of piperidine rings is 1. The Hall–Kier alpha value is -1.26. The van der Waals surface area contributed by atoms with Gasteiger partial charge in [0.15, 0.2) is 0 Å². The van der Waals surface area contributed by atoms with E-state index in [0.29, 0.717) is 22.3 Å². The number of amides is 1. The average molecular weight is 282 g/mol. The molecule has 2 unspecified atom stereocenters. The largest absolute Gasteiger partial charge is 0.399 e. The maximum atomic E-state index is 12.2. The Morgan fingerprint density at radius 2 is 2.21 bits per heavy atom. The minimum atomic E-state index is -0.101. The van der Waals surface area contributed by atoms with Gasteiger partial charge in [-0.2, -0.15) is 0 Å². The van der Waals surface area contributed by atoms with Crippen LogP contribution in [-0.2, 0) is 0 Å². The highest BCUT2D eigenvalue weighted by molar-refractivity contribution is 6.31. The minimum absolute atomic E-state index is 0.101. The Bertz CT molecular complexity index is 458. The van der Waals surface area contributed by atoms with Crippen LogP contribution in [0.2, 0.25) is 5.02 Å². The predicted molar refractivity (Wildman–Crippen MR) is 78.4 cm³/mol. The van der Waals surface area contributed by atoms with Crippen LogP contribution in [0.3, 0.4) is 0 Å². The van der Waals surface area contributed by atoms with E-state index in [2.05, 4.69) is 24.2 Å². The number of nitrogen functional groups attached to an aromatic ring is 1. The van der Waals surface area contributed by atoms with Crippen LogP contribution in [0, 0.1) is 0 Å². The Labute approximate surface area is 118 Å². The first-order valence-electron chi connectivity index (χ1n) is 6.53. The van der Waals surface area contributed by atoms with Crippen molar-refractivity contribution >= 4 is 23.2 Å². The maximum Gasteiger partial charge on any atom is 0.251 e. The van der Waals surface area contributed by atoms with Crippen molar-refractivity contribution in [2.45, 2.75) is 31.8 Å². The first-order chi connectivity index (χ1) is 8.95. The molecule has 0 bridgehead atoms. The van der Waals surface area contributed by atoms with Crippen LogP contribution >= 0.6 is 11.6 Å². The molecule has 2 rings (SSSR count). The summed E-state index contributed by atoms with van der Waals surface area (Å²) in [5, 5.41) is 3.55. The number of likely N-dealkylation sites (tertiary alicyclic amines) is 1. The molecule has 5 heteroatoms. The van der Waals surface area contributed by atoms with Crippen LogP contribution in [0.5, 0.6) is 0 Å². The van der Waals surface area contributed by atoms with Gasteiger partial charge in [-0.15, -0.1) is 0 Å². The summed E-state index contributed by atoms with van der Waals surface area (Å²) in [4.78, 5) is 14.5. The van der Waals surface area contributed by atoms with Crippen LogP contribution in [0.25, 0.3) is 0 Å². The molecule has 1 heterocycles. The first-order valence-corrected chi connectivity index (χ1v) is 6.90. The zero-order chi connectivity index (χ0) is 14.0.